The number of nitrogens with zero attached hydrogens (tertiary/aromatic N) is 3. The second kappa shape index (κ2) is 14.9. The summed E-state index contributed by atoms with van der Waals surface area (Å²) in [6, 6.07) is 31.7. The van der Waals surface area contributed by atoms with E-state index in [9.17, 15) is 14.7 Å². The van der Waals surface area contributed by atoms with Gasteiger partial charge in [0.25, 0.3) is 5.91 Å². The number of anilines is 2. The maximum atomic E-state index is 15.2. The highest BCUT2D eigenvalue weighted by atomic mass is 79.9. The lowest BCUT2D eigenvalue weighted by Gasteiger charge is -2.37. The molecule has 4 atom stereocenters. The minimum absolute atomic E-state index is 0.0729. The number of hydrogen-bond acceptors (Lipinski definition) is 6. The Labute approximate surface area is 320 Å². The lowest BCUT2D eigenvalue weighted by molar-refractivity contribution is -0.150. The van der Waals surface area contributed by atoms with Crippen molar-refractivity contribution in [2.45, 2.75) is 63.2 Å². The Morgan fingerprint density at radius 3 is 2.34 bits per heavy atom. The molecule has 2 saturated heterocycles. The molecule has 0 saturated carbocycles. The van der Waals surface area contributed by atoms with Gasteiger partial charge in [-0.1, -0.05) is 95.7 Å². The summed E-state index contributed by atoms with van der Waals surface area (Å²) in [5.41, 5.74) is 2.89. The number of fused-ring (bicyclic) bond motifs is 2. The fraction of sp³-hybridized carbons (Fsp3) is 0.357. The molecule has 0 aliphatic carbocycles. The van der Waals surface area contributed by atoms with Gasteiger partial charge < -0.3 is 29.3 Å². The first-order chi connectivity index (χ1) is 25.5. The van der Waals surface area contributed by atoms with Crippen LogP contribution in [-0.2, 0) is 37.8 Å². The molecule has 1 spiro atoms. The number of β-lactam (4-membered cyclic amide) rings is 1. The van der Waals surface area contributed by atoms with Crippen molar-refractivity contribution in [2.75, 3.05) is 36.6 Å². The predicted octanol–water partition coefficient (Wildman–Crippen LogP) is 6.37. The van der Waals surface area contributed by atoms with Crippen LogP contribution in [0.5, 0.6) is 5.75 Å². The molecule has 0 bridgehead atoms. The van der Waals surface area contributed by atoms with E-state index in [-0.39, 0.29) is 48.8 Å². The number of rotatable bonds is 12. The van der Waals surface area contributed by atoms with Crippen molar-refractivity contribution >= 4 is 58.3 Å². The van der Waals surface area contributed by atoms with E-state index < -0.39 is 19.8 Å². The van der Waals surface area contributed by atoms with Gasteiger partial charge in [-0.25, -0.2) is 0 Å². The van der Waals surface area contributed by atoms with Crippen LogP contribution in [0, 0.1) is 5.92 Å². The molecule has 0 unspecified atom stereocenters. The van der Waals surface area contributed by atoms with E-state index in [1.807, 2.05) is 89.8 Å². The zero-order valence-corrected chi connectivity index (χ0v) is 33.2. The van der Waals surface area contributed by atoms with Crippen molar-refractivity contribution < 1.29 is 29.0 Å². The van der Waals surface area contributed by atoms with Crippen molar-refractivity contribution in [3.8, 4) is 5.75 Å². The van der Waals surface area contributed by atoms with Crippen LogP contribution in [0.4, 0.5) is 11.4 Å². The van der Waals surface area contributed by atoms with Gasteiger partial charge in [0.15, 0.2) is 5.60 Å². The molecule has 11 heteroatoms. The van der Waals surface area contributed by atoms with E-state index >= 15 is 4.79 Å². The Morgan fingerprint density at radius 2 is 1.72 bits per heavy atom. The van der Waals surface area contributed by atoms with Gasteiger partial charge in [0.2, 0.25) is 11.8 Å². The third kappa shape index (κ3) is 6.73. The van der Waals surface area contributed by atoms with Crippen LogP contribution in [0.2, 0.25) is 18.6 Å². The number of halogens is 1. The van der Waals surface area contributed by atoms with Gasteiger partial charge in [0.05, 0.1) is 46.5 Å². The highest BCUT2D eigenvalue weighted by Gasteiger charge is 2.66. The summed E-state index contributed by atoms with van der Waals surface area (Å²) < 4.78 is 13.5. The van der Waals surface area contributed by atoms with Gasteiger partial charge in [0, 0.05) is 47.7 Å². The van der Waals surface area contributed by atoms with Crippen molar-refractivity contribution in [3.63, 3.8) is 0 Å². The summed E-state index contributed by atoms with van der Waals surface area (Å²) in [6.07, 6.45) is 0.0699. The molecule has 7 rings (SSSR count). The second-order valence-electron chi connectivity index (χ2n) is 14.9. The molecule has 3 aliphatic rings. The van der Waals surface area contributed by atoms with Crippen molar-refractivity contribution in [1.82, 2.24) is 4.90 Å². The van der Waals surface area contributed by atoms with Crippen LogP contribution in [0.3, 0.4) is 0 Å². The minimum Gasteiger partial charge on any atom is -0.497 e. The van der Waals surface area contributed by atoms with Crippen LogP contribution >= 0.6 is 15.9 Å². The normalized spacial score (nSPS) is 22.3. The Morgan fingerprint density at radius 1 is 1.00 bits per heavy atom. The molecular weight excluding hydrogens is 750 g/mol. The molecule has 276 valence electrons. The molecule has 4 aromatic rings. The smallest absolute Gasteiger partial charge is 0.264 e. The van der Waals surface area contributed by atoms with Gasteiger partial charge in [-0.2, -0.15) is 0 Å². The number of hydrogen-bond donors (Lipinski definition) is 1. The highest BCUT2D eigenvalue weighted by Crippen LogP contribution is 2.60. The molecule has 3 heterocycles. The molecule has 1 N–H and O–H groups in total. The molecule has 0 aromatic heterocycles. The third-order valence-electron chi connectivity index (χ3n) is 11.6. The largest absolute Gasteiger partial charge is 0.497 e. The molecule has 3 aliphatic heterocycles. The number of ether oxygens (including phenoxy) is 2. The number of benzene rings is 4. The van der Waals surface area contributed by atoms with E-state index in [4.69, 9.17) is 9.47 Å². The summed E-state index contributed by atoms with van der Waals surface area (Å²) >= 11 is 3.68. The van der Waals surface area contributed by atoms with E-state index in [1.54, 1.807) is 16.9 Å². The van der Waals surface area contributed by atoms with Crippen molar-refractivity contribution in [1.29, 1.82) is 0 Å². The number of carbonyl (C=O) groups is 3. The van der Waals surface area contributed by atoms with Crippen LogP contribution < -0.4 is 19.7 Å². The third-order valence-corrected chi connectivity index (χ3v) is 16.4. The fourth-order valence-corrected chi connectivity index (χ4v) is 13.1. The number of carbonyl (C=O) groups excluding carboxylic acids is 3. The summed E-state index contributed by atoms with van der Waals surface area (Å²) in [6.45, 7) is 8.16. The van der Waals surface area contributed by atoms with E-state index in [2.05, 4.69) is 48.1 Å². The zero-order chi connectivity index (χ0) is 37.5. The predicted molar refractivity (Wildman–Crippen MR) is 212 cm³/mol. The average Bonchev–Trinajstić information content (AvgIpc) is 3.57. The van der Waals surface area contributed by atoms with Crippen molar-refractivity contribution in [2.24, 2.45) is 5.92 Å². The second-order valence-corrected chi connectivity index (χ2v) is 20.5. The first-order valence-electron chi connectivity index (χ1n) is 18.2. The first-order valence-corrected chi connectivity index (χ1v) is 22.1. The van der Waals surface area contributed by atoms with Gasteiger partial charge in [-0.3, -0.25) is 14.4 Å². The maximum Gasteiger partial charge on any atom is 0.264 e. The van der Waals surface area contributed by atoms with E-state index in [0.717, 1.165) is 38.3 Å². The SMILES string of the molecule is COc1ccc([Si](C)(C)[C@H]2[C@H](CC(=O)N(CCO)Cc3ccccc3)O[C@@]3(C(=O)N(Cc4ccc(N5CCC5=O)cc4)c4ccc(Br)cc43)[C@@H]2C)cc1. The number of aliphatic hydroxyl groups is 1. The zero-order valence-electron chi connectivity index (χ0n) is 30.6. The quantitative estimate of drug-likeness (QED) is 0.132. The molecule has 9 nitrogen and oxygen atoms in total. The Hall–Kier alpha value is -4.29. The standard InChI is InChI=1S/C42H46BrN3O6Si/c1-28-40(53(3,4)34-17-15-33(51-2)16-18-34)37(25-39(49)44(22-23-47)26-29-8-6-5-7-9-29)52-42(28)35-24-31(43)12-19-36(35)46(41(42)50)27-30-10-13-32(14-11-30)45-21-20-38(45)48/h5-19,24,28,37,40,47H,20-23,25-27H2,1-4H3/t28-,37+,40-,42+/m1/s1. The lowest BCUT2D eigenvalue weighted by Crippen LogP contribution is -2.52. The van der Waals surface area contributed by atoms with Crippen LogP contribution in [0.1, 0.15) is 36.5 Å². The van der Waals surface area contributed by atoms with Gasteiger partial charge in [-0.15, -0.1) is 0 Å². The Kier molecular flexibility index (Phi) is 10.4. The van der Waals surface area contributed by atoms with Gasteiger partial charge in [-0.05, 0) is 59.1 Å². The Balaban J connectivity index is 1.26. The topological polar surface area (TPSA) is 99.6 Å². The minimum atomic E-state index is -2.49. The van der Waals surface area contributed by atoms with Crippen LogP contribution in [0.15, 0.2) is 102 Å². The molecule has 4 aromatic carbocycles. The fourth-order valence-electron chi connectivity index (χ4n) is 8.71. The summed E-state index contributed by atoms with van der Waals surface area (Å²) in [5.74, 6) is 0.331. The highest BCUT2D eigenvalue weighted by molar-refractivity contribution is 9.10. The molecule has 3 amide bonds. The first kappa shape index (κ1) is 37.0. The lowest BCUT2D eigenvalue weighted by atomic mass is 9.82. The van der Waals surface area contributed by atoms with Gasteiger partial charge in [0.1, 0.15) is 5.75 Å². The summed E-state index contributed by atoms with van der Waals surface area (Å²) in [5, 5.41) is 11.2. The van der Waals surface area contributed by atoms with E-state index in [1.165, 1.54) is 5.19 Å². The average molecular weight is 797 g/mol. The molecular formula is C42H46BrN3O6Si. The van der Waals surface area contributed by atoms with Crippen molar-refractivity contribution in [3.05, 3.63) is 118 Å². The van der Waals surface area contributed by atoms with Gasteiger partial charge >= 0.3 is 0 Å². The monoisotopic (exact) mass is 795 g/mol. The maximum absolute atomic E-state index is 15.2. The number of amides is 3. The van der Waals surface area contributed by atoms with E-state index in [0.29, 0.717) is 26.1 Å². The molecule has 53 heavy (non-hydrogen) atoms. The number of methoxy groups -OCH3 is 1. The Bertz CT molecular complexity index is 1990. The summed E-state index contributed by atoms with van der Waals surface area (Å²) in [4.78, 5) is 46.8. The summed E-state index contributed by atoms with van der Waals surface area (Å²) in [7, 11) is -0.842. The molecule has 2 fully saturated rings. The molecule has 0 radical (unpaired) electrons. The van der Waals surface area contributed by atoms with Crippen LogP contribution in [0.25, 0.3) is 0 Å². The van der Waals surface area contributed by atoms with Crippen LogP contribution in [-0.4, -0.2) is 68.7 Å². The number of aliphatic hydroxyl groups excluding tert-OH is 1.